The summed E-state index contributed by atoms with van der Waals surface area (Å²) in [6, 6.07) is 26.2. The first kappa shape index (κ1) is 20.6. The van der Waals surface area contributed by atoms with E-state index in [2.05, 4.69) is 48.3 Å². The summed E-state index contributed by atoms with van der Waals surface area (Å²) in [4.78, 5) is 12.5. The molecule has 3 N–H and O–H groups in total. The molecule has 3 aromatic rings. The number of ketones is 1. The number of hydrogen-bond acceptors (Lipinski definition) is 3. The first-order valence-corrected chi connectivity index (χ1v) is 10.1. The minimum absolute atomic E-state index is 0.0791. The van der Waals surface area contributed by atoms with Gasteiger partial charge in [-0.15, -0.1) is 0 Å². The fourth-order valence-corrected chi connectivity index (χ4v) is 3.16. The molecule has 3 heteroatoms. The van der Waals surface area contributed by atoms with Gasteiger partial charge in [-0.1, -0.05) is 68.1 Å². The van der Waals surface area contributed by atoms with Crippen LogP contribution in [-0.2, 0) is 6.42 Å². The molecule has 1 atom stereocenters. The Kier molecular flexibility index (Phi) is 6.99. The molecule has 3 nitrogen and oxygen atoms in total. The predicted octanol–water partition coefficient (Wildman–Crippen LogP) is 5.83. The fourth-order valence-electron chi connectivity index (χ4n) is 3.16. The summed E-state index contributed by atoms with van der Waals surface area (Å²) in [5.41, 5.74) is 11.9. The van der Waals surface area contributed by atoms with E-state index in [0.29, 0.717) is 6.42 Å². The smallest absolute Gasteiger partial charge is 0.163 e. The number of nitrogens with two attached hydrogens (primary N) is 1. The van der Waals surface area contributed by atoms with Crippen molar-refractivity contribution in [1.82, 2.24) is 0 Å². The van der Waals surface area contributed by atoms with Crippen LogP contribution in [0.25, 0.3) is 11.1 Å². The van der Waals surface area contributed by atoms with E-state index in [0.717, 1.165) is 29.8 Å². The van der Waals surface area contributed by atoms with Crippen LogP contribution < -0.4 is 11.1 Å². The maximum atomic E-state index is 12.5. The molecule has 0 saturated carbocycles. The number of rotatable bonds is 9. The highest BCUT2D eigenvalue weighted by Crippen LogP contribution is 2.20. The van der Waals surface area contributed by atoms with Crippen molar-refractivity contribution in [2.75, 3.05) is 5.32 Å². The summed E-state index contributed by atoms with van der Waals surface area (Å²) in [5, 5.41) is 3.20. The van der Waals surface area contributed by atoms with Gasteiger partial charge in [0.2, 0.25) is 0 Å². The number of nitrogens with one attached hydrogen (secondary N) is 1. The lowest BCUT2D eigenvalue weighted by molar-refractivity contribution is 0.0983. The zero-order valence-electron chi connectivity index (χ0n) is 16.9. The standard InChI is InChI=1S/C26H28N2O/c1-3-25(27)19(2)28-24-16-14-23(15-17-24)26(29)18-11-20-9-12-22(13-10-20)21-7-5-4-6-8-21/h4-10,12-17,25,28H,2-3,11,18,27H2,1H3/t25-/m0/s1. The number of hydrogen-bond donors (Lipinski definition) is 2. The molecule has 0 saturated heterocycles. The Hall–Kier alpha value is -3.17. The van der Waals surface area contributed by atoms with Crippen LogP contribution in [0, 0.1) is 0 Å². The maximum Gasteiger partial charge on any atom is 0.163 e. The average molecular weight is 385 g/mol. The summed E-state index contributed by atoms with van der Waals surface area (Å²) >= 11 is 0. The van der Waals surface area contributed by atoms with E-state index < -0.39 is 0 Å². The molecule has 0 amide bonds. The van der Waals surface area contributed by atoms with Gasteiger partial charge in [0.15, 0.2) is 5.78 Å². The molecule has 0 bridgehead atoms. The molecule has 3 aromatic carbocycles. The predicted molar refractivity (Wildman–Crippen MR) is 122 cm³/mol. The molecule has 0 heterocycles. The van der Waals surface area contributed by atoms with Crippen LogP contribution in [-0.4, -0.2) is 11.8 Å². The van der Waals surface area contributed by atoms with Gasteiger partial charge >= 0.3 is 0 Å². The molecule has 0 fully saturated rings. The van der Waals surface area contributed by atoms with Crippen molar-refractivity contribution in [3.05, 3.63) is 102 Å². The van der Waals surface area contributed by atoms with Gasteiger partial charge in [-0.3, -0.25) is 4.79 Å². The zero-order chi connectivity index (χ0) is 20.6. The van der Waals surface area contributed by atoms with Crippen LogP contribution in [0.1, 0.15) is 35.7 Å². The van der Waals surface area contributed by atoms with Crippen LogP contribution in [0.15, 0.2) is 91.1 Å². The molecule has 0 spiro atoms. The number of Topliss-reactive ketones (excluding diaryl/α,β-unsaturated/α-hetero) is 1. The molecule has 148 valence electrons. The highest BCUT2D eigenvalue weighted by atomic mass is 16.1. The van der Waals surface area contributed by atoms with Crippen molar-refractivity contribution in [3.8, 4) is 11.1 Å². The minimum atomic E-state index is -0.0791. The minimum Gasteiger partial charge on any atom is -0.358 e. The van der Waals surface area contributed by atoms with Gasteiger partial charge in [-0.05, 0) is 53.8 Å². The summed E-state index contributed by atoms with van der Waals surface area (Å²) < 4.78 is 0. The molecular formula is C26H28N2O. The van der Waals surface area contributed by atoms with Gasteiger partial charge in [-0.2, -0.15) is 0 Å². The average Bonchev–Trinajstić information content (AvgIpc) is 2.78. The summed E-state index contributed by atoms with van der Waals surface area (Å²) in [5.74, 6) is 0.146. The molecule has 0 aliphatic carbocycles. The Balaban J connectivity index is 1.54. The zero-order valence-corrected chi connectivity index (χ0v) is 16.9. The van der Waals surface area contributed by atoms with Crippen LogP contribution in [0.4, 0.5) is 5.69 Å². The lowest BCUT2D eigenvalue weighted by Crippen LogP contribution is -2.25. The Bertz CT molecular complexity index is 944. The molecular weight excluding hydrogens is 356 g/mol. The van der Waals surface area contributed by atoms with Crippen molar-refractivity contribution in [1.29, 1.82) is 0 Å². The first-order chi connectivity index (χ1) is 14.1. The van der Waals surface area contributed by atoms with Gasteiger partial charge < -0.3 is 11.1 Å². The van der Waals surface area contributed by atoms with Gasteiger partial charge in [0.25, 0.3) is 0 Å². The molecule has 0 radical (unpaired) electrons. The van der Waals surface area contributed by atoms with Crippen molar-refractivity contribution < 1.29 is 4.79 Å². The van der Waals surface area contributed by atoms with E-state index in [-0.39, 0.29) is 11.8 Å². The first-order valence-electron chi connectivity index (χ1n) is 10.1. The Labute approximate surface area is 173 Å². The van der Waals surface area contributed by atoms with Crippen LogP contribution in [0.3, 0.4) is 0 Å². The normalized spacial score (nSPS) is 11.7. The summed E-state index contributed by atoms with van der Waals surface area (Å²) in [6.45, 7) is 5.99. The van der Waals surface area contributed by atoms with Crippen LogP contribution in [0.5, 0.6) is 0 Å². The SMILES string of the molecule is C=C(Nc1ccc(C(=O)CCc2ccc(-c3ccccc3)cc2)cc1)[C@@H](N)CC. The molecule has 0 aromatic heterocycles. The molecule has 3 rings (SSSR count). The third-order valence-electron chi connectivity index (χ3n) is 5.10. The highest BCUT2D eigenvalue weighted by molar-refractivity contribution is 5.96. The highest BCUT2D eigenvalue weighted by Gasteiger charge is 2.08. The van der Waals surface area contributed by atoms with E-state index in [9.17, 15) is 4.79 Å². The second-order valence-corrected chi connectivity index (χ2v) is 7.23. The summed E-state index contributed by atoms with van der Waals surface area (Å²) in [6.07, 6.45) is 2.05. The molecule has 0 aliphatic rings. The maximum absolute atomic E-state index is 12.5. The van der Waals surface area contributed by atoms with Gasteiger partial charge in [-0.25, -0.2) is 0 Å². The van der Waals surface area contributed by atoms with E-state index in [1.807, 2.05) is 49.4 Å². The van der Waals surface area contributed by atoms with E-state index in [4.69, 9.17) is 5.73 Å². The van der Waals surface area contributed by atoms with Gasteiger partial charge in [0.1, 0.15) is 0 Å². The third-order valence-corrected chi connectivity index (χ3v) is 5.10. The number of anilines is 1. The second kappa shape index (κ2) is 9.85. The molecule has 29 heavy (non-hydrogen) atoms. The number of benzene rings is 3. The Morgan fingerprint density at radius 3 is 2.17 bits per heavy atom. The molecule has 0 unspecified atom stereocenters. The van der Waals surface area contributed by atoms with Crippen LogP contribution in [0.2, 0.25) is 0 Å². The third kappa shape index (κ3) is 5.66. The van der Waals surface area contributed by atoms with Gasteiger partial charge in [0, 0.05) is 29.4 Å². The monoisotopic (exact) mass is 384 g/mol. The van der Waals surface area contributed by atoms with E-state index in [1.54, 1.807) is 0 Å². The topological polar surface area (TPSA) is 55.1 Å². The number of carbonyl (C=O) groups is 1. The Morgan fingerprint density at radius 2 is 1.55 bits per heavy atom. The fraction of sp³-hybridized carbons (Fsp3) is 0.192. The van der Waals surface area contributed by atoms with Crippen molar-refractivity contribution in [2.45, 2.75) is 32.2 Å². The number of carbonyl (C=O) groups excluding carboxylic acids is 1. The number of aryl methyl sites for hydroxylation is 1. The summed E-state index contributed by atoms with van der Waals surface area (Å²) in [7, 11) is 0. The quantitative estimate of drug-likeness (QED) is 0.456. The Morgan fingerprint density at radius 1 is 0.931 bits per heavy atom. The van der Waals surface area contributed by atoms with Crippen molar-refractivity contribution in [3.63, 3.8) is 0 Å². The van der Waals surface area contributed by atoms with E-state index in [1.165, 1.54) is 16.7 Å². The second-order valence-electron chi connectivity index (χ2n) is 7.23. The van der Waals surface area contributed by atoms with Crippen LogP contribution >= 0.6 is 0 Å². The molecule has 0 aliphatic heterocycles. The van der Waals surface area contributed by atoms with Crippen molar-refractivity contribution in [2.24, 2.45) is 5.73 Å². The van der Waals surface area contributed by atoms with Crippen molar-refractivity contribution >= 4 is 11.5 Å². The van der Waals surface area contributed by atoms with E-state index >= 15 is 0 Å². The lowest BCUT2D eigenvalue weighted by atomic mass is 9.99. The lowest BCUT2D eigenvalue weighted by Gasteiger charge is -2.15. The van der Waals surface area contributed by atoms with Gasteiger partial charge in [0.05, 0.1) is 0 Å². The largest absolute Gasteiger partial charge is 0.358 e.